The highest BCUT2D eigenvalue weighted by molar-refractivity contribution is 5.93. The number of nitrogens with two attached hydrogens (primary N) is 1. The summed E-state index contributed by atoms with van der Waals surface area (Å²) in [5, 5.41) is 18.2. The van der Waals surface area contributed by atoms with E-state index in [0.717, 1.165) is 22.0 Å². The van der Waals surface area contributed by atoms with Gasteiger partial charge in [-0.25, -0.2) is 9.78 Å². The first-order valence-electron chi connectivity index (χ1n) is 12.7. The van der Waals surface area contributed by atoms with Crippen molar-refractivity contribution in [2.45, 2.75) is 37.4 Å². The fourth-order valence-electron chi connectivity index (χ4n) is 4.32. The van der Waals surface area contributed by atoms with Crippen molar-refractivity contribution in [1.82, 2.24) is 30.9 Å². The predicted octanol–water partition coefficient (Wildman–Crippen LogP) is 0.417. The molecule has 2 aromatic carbocycles. The molecular weight excluding hydrogens is 514 g/mol. The summed E-state index contributed by atoms with van der Waals surface area (Å²) in [5.74, 6) is -3.06. The van der Waals surface area contributed by atoms with E-state index < -0.39 is 48.4 Å². The van der Waals surface area contributed by atoms with Crippen molar-refractivity contribution in [1.29, 1.82) is 0 Å². The van der Waals surface area contributed by atoms with Crippen LogP contribution in [-0.4, -0.2) is 68.4 Å². The zero-order valence-corrected chi connectivity index (χ0v) is 21.6. The Morgan fingerprint density at radius 2 is 1.62 bits per heavy atom. The van der Waals surface area contributed by atoms with E-state index in [1.807, 2.05) is 30.3 Å². The standard InChI is InChI=1S/C28H31N7O5/c29-21(11-18-13-31-22-9-5-4-8-20(18)22)26(37)32-15-25(36)34-23(12-19-14-30-16-33-19)27(38)35-24(28(39)40)10-17-6-2-1-3-7-17/h1-9,13-14,16,21,23-24,31H,10-12,15,29H2,(H,30,33)(H,32,37)(H,34,36)(H,35,38)(H,39,40). The molecule has 0 aliphatic heterocycles. The summed E-state index contributed by atoms with van der Waals surface area (Å²) in [4.78, 5) is 60.2. The second kappa shape index (κ2) is 13.2. The number of para-hydroxylation sites is 1. The predicted molar refractivity (Wildman–Crippen MR) is 147 cm³/mol. The molecule has 2 aromatic heterocycles. The van der Waals surface area contributed by atoms with E-state index in [1.165, 1.54) is 12.5 Å². The molecule has 0 radical (unpaired) electrons. The molecule has 0 saturated heterocycles. The fourth-order valence-corrected chi connectivity index (χ4v) is 4.32. The molecule has 0 spiro atoms. The monoisotopic (exact) mass is 545 g/mol. The lowest BCUT2D eigenvalue weighted by molar-refractivity contribution is -0.142. The van der Waals surface area contributed by atoms with Gasteiger partial charge in [0, 0.05) is 41.8 Å². The van der Waals surface area contributed by atoms with Crippen LogP contribution < -0.4 is 21.7 Å². The SMILES string of the molecule is NC(Cc1c[nH]c2ccccc12)C(=O)NCC(=O)NC(Cc1cnc[nH]1)C(=O)NC(Cc1ccccc1)C(=O)O. The lowest BCUT2D eigenvalue weighted by Crippen LogP contribution is -2.55. The summed E-state index contributed by atoms with van der Waals surface area (Å²) in [6, 6.07) is 13.3. The molecule has 3 amide bonds. The number of nitrogens with zero attached hydrogens (tertiary/aromatic N) is 1. The second-order valence-electron chi connectivity index (χ2n) is 9.38. The van der Waals surface area contributed by atoms with E-state index in [-0.39, 0.29) is 19.3 Å². The number of carboxylic acid groups (broad SMARTS) is 1. The zero-order chi connectivity index (χ0) is 28.5. The van der Waals surface area contributed by atoms with Crippen LogP contribution in [0.3, 0.4) is 0 Å². The quantitative estimate of drug-likeness (QED) is 0.126. The van der Waals surface area contributed by atoms with E-state index in [1.54, 1.807) is 30.5 Å². The summed E-state index contributed by atoms with van der Waals surface area (Å²) >= 11 is 0. The maximum Gasteiger partial charge on any atom is 0.326 e. The number of hydrogen-bond acceptors (Lipinski definition) is 6. The molecule has 0 fully saturated rings. The van der Waals surface area contributed by atoms with Gasteiger partial charge in [-0.3, -0.25) is 14.4 Å². The van der Waals surface area contributed by atoms with E-state index in [2.05, 4.69) is 30.9 Å². The number of amides is 3. The van der Waals surface area contributed by atoms with Gasteiger partial charge in [0.25, 0.3) is 0 Å². The number of H-pyrrole nitrogens is 2. The Hall–Kier alpha value is -4.97. The number of benzene rings is 2. The van der Waals surface area contributed by atoms with E-state index in [0.29, 0.717) is 5.69 Å². The summed E-state index contributed by atoms with van der Waals surface area (Å²) in [5.41, 5.74) is 9.18. The van der Waals surface area contributed by atoms with Crippen molar-refractivity contribution < 1.29 is 24.3 Å². The Balaban J connectivity index is 1.34. The third-order valence-electron chi connectivity index (χ3n) is 6.40. The normalized spacial score (nSPS) is 13.2. The van der Waals surface area contributed by atoms with Crippen molar-refractivity contribution in [2.75, 3.05) is 6.54 Å². The third-order valence-corrected chi connectivity index (χ3v) is 6.40. The zero-order valence-electron chi connectivity index (χ0n) is 21.6. The van der Waals surface area contributed by atoms with Crippen LogP contribution >= 0.6 is 0 Å². The lowest BCUT2D eigenvalue weighted by atomic mass is 10.0. The van der Waals surface area contributed by atoms with Crippen LogP contribution in [0.2, 0.25) is 0 Å². The molecule has 40 heavy (non-hydrogen) atoms. The topological polar surface area (TPSA) is 195 Å². The third kappa shape index (κ3) is 7.54. The van der Waals surface area contributed by atoms with Crippen molar-refractivity contribution >= 4 is 34.6 Å². The Labute approximate surface area is 229 Å². The molecule has 12 heteroatoms. The summed E-state index contributed by atoms with van der Waals surface area (Å²) in [6.07, 6.45) is 5.08. The molecule has 4 aromatic rings. The van der Waals surface area contributed by atoms with E-state index in [9.17, 15) is 24.3 Å². The van der Waals surface area contributed by atoms with Crippen LogP contribution in [0.5, 0.6) is 0 Å². The fraction of sp³-hybridized carbons (Fsp3) is 0.250. The van der Waals surface area contributed by atoms with Crippen LogP contribution in [0.1, 0.15) is 16.8 Å². The van der Waals surface area contributed by atoms with E-state index >= 15 is 0 Å². The molecule has 208 valence electrons. The van der Waals surface area contributed by atoms with E-state index in [4.69, 9.17) is 5.73 Å². The van der Waals surface area contributed by atoms with Crippen LogP contribution in [0.4, 0.5) is 0 Å². The maximum absolute atomic E-state index is 13.1. The summed E-state index contributed by atoms with van der Waals surface area (Å²) in [7, 11) is 0. The maximum atomic E-state index is 13.1. The average molecular weight is 546 g/mol. The number of aliphatic carboxylic acids is 1. The number of hydrogen-bond donors (Lipinski definition) is 7. The van der Waals surface area contributed by atoms with Gasteiger partial charge >= 0.3 is 5.97 Å². The minimum absolute atomic E-state index is 0.0310. The van der Waals surface area contributed by atoms with Gasteiger partial charge in [0.2, 0.25) is 17.7 Å². The minimum atomic E-state index is -1.21. The van der Waals surface area contributed by atoms with Gasteiger partial charge in [-0.2, -0.15) is 0 Å². The molecule has 3 atom stereocenters. The highest BCUT2D eigenvalue weighted by Gasteiger charge is 2.28. The first-order valence-corrected chi connectivity index (χ1v) is 12.7. The number of carbonyl (C=O) groups is 4. The molecule has 2 heterocycles. The Morgan fingerprint density at radius 1 is 0.875 bits per heavy atom. The van der Waals surface area contributed by atoms with Crippen LogP contribution in [0.15, 0.2) is 73.3 Å². The first-order chi connectivity index (χ1) is 19.3. The molecular formula is C28H31N7O5. The molecule has 0 saturated carbocycles. The molecule has 0 bridgehead atoms. The Kier molecular flexibility index (Phi) is 9.26. The van der Waals surface area contributed by atoms with Crippen LogP contribution in [0.25, 0.3) is 10.9 Å². The van der Waals surface area contributed by atoms with Crippen molar-refractivity contribution in [3.63, 3.8) is 0 Å². The molecule has 3 unspecified atom stereocenters. The van der Waals surface area contributed by atoms with Gasteiger partial charge in [-0.05, 0) is 23.6 Å². The van der Waals surface area contributed by atoms with Crippen molar-refractivity contribution in [3.05, 3.63) is 90.1 Å². The highest BCUT2D eigenvalue weighted by Crippen LogP contribution is 2.18. The van der Waals surface area contributed by atoms with Crippen molar-refractivity contribution in [3.8, 4) is 0 Å². The van der Waals surface area contributed by atoms with Crippen molar-refractivity contribution in [2.24, 2.45) is 5.73 Å². The first kappa shape index (κ1) is 28.0. The van der Waals surface area contributed by atoms with Crippen LogP contribution in [0, 0.1) is 0 Å². The number of imidazole rings is 1. The molecule has 0 aliphatic rings. The Bertz CT molecular complexity index is 1450. The molecule has 4 rings (SSSR count). The largest absolute Gasteiger partial charge is 0.480 e. The van der Waals surface area contributed by atoms with Gasteiger partial charge in [-0.15, -0.1) is 0 Å². The molecule has 12 nitrogen and oxygen atoms in total. The lowest BCUT2D eigenvalue weighted by Gasteiger charge is -2.21. The van der Waals surface area contributed by atoms with Gasteiger partial charge in [0.05, 0.1) is 18.9 Å². The number of fused-ring (bicyclic) bond motifs is 1. The minimum Gasteiger partial charge on any atom is -0.480 e. The van der Waals surface area contributed by atoms with Crippen LogP contribution in [-0.2, 0) is 38.4 Å². The average Bonchev–Trinajstić information content (AvgIpc) is 3.61. The number of aromatic nitrogens is 3. The van der Waals surface area contributed by atoms with Gasteiger partial charge < -0.3 is 36.8 Å². The molecule has 8 N–H and O–H groups in total. The highest BCUT2D eigenvalue weighted by atomic mass is 16.4. The Morgan fingerprint density at radius 3 is 2.35 bits per heavy atom. The van der Waals surface area contributed by atoms with Gasteiger partial charge in [0.1, 0.15) is 12.1 Å². The number of carboxylic acids is 1. The number of carbonyl (C=O) groups excluding carboxylic acids is 3. The number of nitrogens with one attached hydrogen (secondary N) is 5. The number of rotatable bonds is 13. The smallest absolute Gasteiger partial charge is 0.326 e. The summed E-state index contributed by atoms with van der Waals surface area (Å²) in [6.45, 7) is -0.417. The summed E-state index contributed by atoms with van der Waals surface area (Å²) < 4.78 is 0. The van der Waals surface area contributed by atoms with Gasteiger partial charge in [-0.1, -0.05) is 48.5 Å². The molecule has 0 aliphatic carbocycles. The number of aromatic amines is 2. The van der Waals surface area contributed by atoms with Gasteiger partial charge in [0.15, 0.2) is 0 Å². The second-order valence-corrected chi connectivity index (χ2v) is 9.38.